The Bertz CT molecular complexity index is 221. The number of hydrogen-bond acceptors (Lipinski definition) is 3. The zero-order valence-electron chi connectivity index (χ0n) is 9.21. The zero-order chi connectivity index (χ0) is 10.8. The summed E-state index contributed by atoms with van der Waals surface area (Å²) >= 11 is 0. The largest absolute Gasteiger partial charge is 0.389 e. The lowest BCUT2D eigenvalue weighted by molar-refractivity contribution is -0.117. The first-order chi connectivity index (χ1) is 7.18. The molecule has 1 heterocycles. The molecule has 1 aliphatic heterocycles. The van der Waals surface area contributed by atoms with Crippen LogP contribution in [0.15, 0.2) is 0 Å². The highest BCUT2D eigenvalue weighted by atomic mass is 16.5. The van der Waals surface area contributed by atoms with Crippen molar-refractivity contribution in [1.29, 1.82) is 0 Å². The lowest BCUT2D eigenvalue weighted by Gasteiger charge is -2.45. The molecule has 0 aromatic carbocycles. The minimum Gasteiger partial charge on any atom is -0.389 e. The number of ether oxygens (including phenoxy) is 1. The molecular formula is C12H20O3. The van der Waals surface area contributed by atoms with Crippen LogP contribution >= 0.6 is 0 Å². The Morgan fingerprint density at radius 3 is 2.20 bits per heavy atom. The third-order valence-electron chi connectivity index (χ3n) is 4.26. The van der Waals surface area contributed by atoms with E-state index in [-0.39, 0.29) is 0 Å². The van der Waals surface area contributed by atoms with Crippen molar-refractivity contribution in [2.75, 3.05) is 13.2 Å². The van der Waals surface area contributed by atoms with Gasteiger partial charge in [-0.15, -0.1) is 0 Å². The maximum absolute atomic E-state index is 10.5. The van der Waals surface area contributed by atoms with Gasteiger partial charge in [-0.05, 0) is 43.9 Å². The van der Waals surface area contributed by atoms with E-state index < -0.39 is 5.60 Å². The fraction of sp³-hybridized carbons (Fsp3) is 0.917. The summed E-state index contributed by atoms with van der Waals surface area (Å²) in [4.78, 5) is 10.5. The predicted molar refractivity (Wildman–Crippen MR) is 56.6 cm³/mol. The van der Waals surface area contributed by atoms with Gasteiger partial charge in [0.1, 0.15) is 6.29 Å². The van der Waals surface area contributed by atoms with Crippen LogP contribution in [-0.4, -0.2) is 30.2 Å². The van der Waals surface area contributed by atoms with Crippen molar-refractivity contribution in [3.63, 3.8) is 0 Å². The molecule has 3 heteroatoms. The summed E-state index contributed by atoms with van der Waals surface area (Å²) in [6.07, 6.45) is 7.09. The normalized spacial score (nSPS) is 28.9. The predicted octanol–water partition coefficient (Wildman–Crippen LogP) is 1.68. The quantitative estimate of drug-likeness (QED) is 0.708. The first-order valence-corrected chi connectivity index (χ1v) is 5.92. The monoisotopic (exact) mass is 212 g/mol. The molecule has 2 fully saturated rings. The van der Waals surface area contributed by atoms with Crippen LogP contribution in [-0.2, 0) is 9.53 Å². The molecule has 0 amide bonds. The Balaban J connectivity index is 1.92. The molecule has 0 aromatic heterocycles. The number of hydrogen-bond donors (Lipinski definition) is 1. The van der Waals surface area contributed by atoms with Gasteiger partial charge in [-0.1, -0.05) is 0 Å². The molecule has 86 valence electrons. The van der Waals surface area contributed by atoms with Gasteiger partial charge in [-0.3, -0.25) is 0 Å². The standard InChI is InChI=1S/C12H20O3/c13-8-5-12(14)3-1-11(2-4-12)6-9-15-10-7-11/h8,14H,1-7,9-10H2. The maximum atomic E-state index is 10.5. The molecule has 1 aliphatic carbocycles. The number of aldehydes is 1. The molecule has 2 rings (SSSR count). The molecule has 15 heavy (non-hydrogen) atoms. The van der Waals surface area contributed by atoms with Crippen LogP contribution in [0.25, 0.3) is 0 Å². The third kappa shape index (κ3) is 2.40. The van der Waals surface area contributed by atoms with E-state index in [1.54, 1.807) is 0 Å². The second-order valence-electron chi connectivity index (χ2n) is 5.21. The minimum absolute atomic E-state index is 0.305. The molecule has 3 nitrogen and oxygen atoms in total. The average Bonchev–Trinajstić information content (AvgIpc) is 2.25. The van der Waals surface area contributed by atoms with Crippen LogP contribution in [0, 0.1) is 5.41 Å². The van der Waals surface area contributed by atoms with E-state index in [1.165, 1.54) is 0 Å². The summed E-state index contributed by atoms with van der Waals surface area (Å²) in [5.41, 5.74) is -0.293. The topological polar surface area (TPSA) is 46.5 Å². The Hall–Kier alpha value is -0.410. The Kier molecular flexibility index (Phi) is 3.12. The van der Waals surface area contributed by atoms with Crippen molar-refractivity contribution < 1.29 is 14.6 Å². The summed E-state index contributed by atoms with van der Waals surface area (Å²) in [5.74, 6) is 0. The highest BCUT2D eigenvalue weighted by molar-refractivity contribution is 5.51. The summed E-state index contributed by atoms with van der Waals surface area (Å²) in [5, 5.41) is 10.1. The van der Waals surface area contributed by atoms with Crippen molar-refractivity contribution in [2.45, 2.75) is 50.5 Å². The molecule has 1 saturated carbocycles. The lowest BCUT2D eigenvalue weighted by Crippen LogP contribution is -2.41. The van der Waals surface area contributed by atoms with Crippen molar-refractivity contribution in [2.24, 2.45) is 5.41 Å². The highest BCUT2D eigenvalue weighted by Crippen LogP contribution is 2.47. The van der Waals surface area contributed by atoms with Gasteiger partial charge in [-0.25, -0.2) is 0 Å². The van der Waals surface area contributed by atoms with Gasteiger partial charge in [0.2, 0.25) is 0 Å². The van der Waals surface area contributed by atoms with Gasteiger partial charge in [0.25, 0.3) is 0 Å². The number of carbonyl (C=O) groups is 1. The first kappa shape index (κ1) is 11.1. The van der Waals surface area contributed by atoms with E-state index >= 15 is 0 Å². The van der Waals surface area contributed by atoms with Gasteiger partial charge in [0.15, 0.2) is 0 Å². The van der Waals surface area contributed by atoms with Crippen LogP contribution < -0.4 is 0 Å². The summed E-state index contributed by atoms with van der Waals surface area (Å²) < 4.78 is 5.38. The fourth-order valence-electron chi connectivity index (χ4n) is 2.91. The van der Waals surface area contributed by atoms with E-state index in [9.17, 15) is 9.90 Å². The van der Waals surface area contributed by atoms with Gasteiger partial charge in [0.05, 0.1) is 5.60 Å². The van der Waals surface area contributed by atoms with Crippen LogP contribution in [0.3, 0.4) is 0 Å². The van der Waals surface area contributed by atoms with E-state index in [1.807, 2.05) is 0 Å². The summed E-state index contributed by atoms with van der Waals surface area (Å²) in [7, 11) is 0. The van der Waals surface area contributed by atoms with Gasteiger partial charge in [-0.2, -0.15) is 0 Å². The van der Waals surface area contributed by atoms with Crippen molar-refractivity contribution in [1.82, 2.24) is 0 Å². The van der Waals surface area contributed by atoms with E-state index in [0.717, 1.165) is 58.0 Å². The van der Waals surface area contributed by atoms with Crippen molar-refractivity contribution >= 4 is 6.29 Å². The van der Waals surface area contributed by atoms with Crippen LogP contribution in [0.1, 0.15) is 44.9 Å². The molecular weight excluding hydrogens is 192 g/mol. The lowest BCUT2D eigenvalue weighted by atomic mass is 9.64. The first-order valence-electron chi connectivity index (χ1n) is 5.92. The second kappa shape index (κ2) is 4.22. The second-order valence-corrected chi connectivity index (χ2v) is 5.21. The average molecular weight is 212 g/mol. The molecule has 2 aliphatic rings. The van der Waals surface area contributed by atoms with Crippen molar-refractivity contribution in [3.8, 4) is 0 Å². The summed E-state index contributed by atoms with van der Waals surface area (Å²) in [6.45, 7) is 1.73. The zero-order valence-corrected chi connectivity index (χ0v) is 9.21. The molecule has 0 atom stereocenters. The molecule has 1 saturated heterocycles. The highest BCUT2D eigenvalue weighted by Gasteiger charge is 2.42. The number of rotatable bonds is 2. The van der Waals surface area contributed by atoms with Gasteiger partial charge < -0.3 is 14.6 Å². The molecule has 1 N–H and O–H groups in total. The molecule has 1 spiro atoms. The Labute approximate surface area is 90.8 Å². The minimum atomic E-state index is -0.703. The third-order valence-corrected chi connectivity index (χ3v) is 4.26. The van der Waals surface area contributed by atoms with Crippen molar-refractivity contribution in [3.05, 3.63) is 0 Å². The molecule has 0 aromatic rings. The van der Waals surface area contributed by atoms with Crippen LogP contribution in [0.4, 0.5) is 0 Å². The van der Waals surface area contributed by atoms with E-state index in [4.69, 9.17) is 4.74 Å². The summed E-state index contributed by atoms with van der Waals surface area (Å²) in [6, 6.07) is 0. The van der Waals surface area contributed by atoms with Crippen LogP contribution in [0.5, 0.6) is 0 Å². The number of carbonyl (C=O) groups excluding carboxylic acids is 1. The molecule has 0 radical (unpaired) electrons. The van der Waals surface area contributed by atoms with Gasteiger partial charge in [0, 0.05) is 19.6 Å². The van der Waals surface area contributed by atoms with E-state index in [2.05, 4.69) is 0 Å². The SMILES string of the molecule is O=CCC1(O)CCC2(CCOCC2)CC1. The van der Waals surface area contributed by atoms with E-state index in [0.29, 0.717) is 11.8 Å². The Morgan fingerprint density at radius 1 is 1.07 bits per heavy atom. The smallest absolute Gasteiger partial charge is 0.122 e. The fourth-order valence-corrected chi connectivity index (χ4v) is 2.91. The number of aliphatic hydroxyl groups is 1. The Morgan fingerprint density at radius 2 is 1.67 bits per heavy atom. The van der Waals surface area contributed by atoms with Gasteiger partial charge >= 0.3 is 0 Å². The van der Waals surface area contributed by atoms with Crippen LogP contribution in [0.2, 0.25) is 0 Å². The molecule has 0 bridgehead atoms. The molecule has 0 unspecified atom stereocenters. The maximum Gasteiger partial charge on any atom is 0.122 e.